The molecule has 1 aromatic carbocycles. The fourth-order valence-corrected chi connectivity index (χ4v) is 1.88. The third-order valence-electron chi connectivity index (χ3n) is 3.08. The number of rotatable bonds is 5. The van der Waals surface area contributed by atoms with E-state index in [9.17, 15) is 14.7 Å². The molecule has 0 bridgehead atoms. The highest BCUT2D eigenvalue weighted by atomic mass is 16.3. The van der Waals surface area contributed by atoms with Gasteiger partial charge in [0.15, 0.2) is 0 Å². The van der Waals surface area contributed by atoms with E-state index in [-0.39, 0.29) is 17.2 Å². The molecule has 0 fully saturated rings. The van der Waals surface area contributed by atoms with Crippen LogP contribution in [0.15, 0.2) is 47.3 Å². The maximum atomic E-state index is 11.9. The molecule has 6 heteroatoms. The summed E-state index contributed by atoms with van der Waals surface area (Å²) in [6, 6.07) is 11.9. The van der Waals surface area contributed by atoms with Crippen molar-refractivity contribution >= 4 is 5.91 Å². The van der Waals surface area contributed by atoms with Gasteiger partial charge in [-0.15, -0.1) is 0 Å². The number of aromatic nitrogens is 2. The first-order chi connectivity index (χ1) is 10.1. The third kappa shape index (κ3) is 4.00. The summed E-state index contributed by atoms with van der Waals surface area (Å²) in [5.41, 5.74) is 0.712. The Hall–Kier alpha value is -2.47. The molecule has 1 heterocycles. The molecule has 110 valence electrons. The van der Waals surface area contributed by atoms with Gasteiger partial charge in [0.1, 0.15) is 5.69 Å². The van der Waals surface area contributed by atoms with Crippen LogP contribution in [0.4, 0.5) is 0 Å². The van der Waals surface area contributed by atoms with Gasteiger partial charge in [0.25, 0.3) is 11.5 Å². The first-order valence-electron chi connectivity index (χ1n) is 6.63. The standard InChI is InChI=1S/C15H17N3O3/c1-18-14(20)8-7-12(17-18)15(21)16-10-9-13(19)11-5-3-2-4-6-11/h2-8,13,19H,9-10H2,1H3,(H,16,21). The molecule has 2 N–H and O–H groups in total. The smallest absolute Gasteiger partial charge is 0.271 e. The van der Waals surface area contributed by atoms with Crippen LogP contribution >= 0.6 is 0 Å². The monoisotopic (exact) mass is 287 g/mol. The minimum atomic E-state index is -0.625. The zero-order chi connectivity index (χ0) is 15.2. The molecule has 2 rings (SSSR count). The number of aliphatic hydroxyl groups excluding tert-OH is 1. The second-order valence-electron chi connectivity index (χ2n) is 4.65. The molecule has 0 aliphatic heterocycles. The van der Waals surface area contributed by atoms with E-state index in [1.165, 1.54) is 19.2 Å². The molecule has 1 aromatic heterocycles. The van der Waals surface area contributed by atoms with Crippen LogP contribution in [-0.4, -0.2) is 27.3 Å². The minimum absolute atomic E-state index is 0.173. The van der Waals surface area contributed by atoms with Gasteiger partial charge < -0.3 is 10.4 Å². The molecule has 0 spiro atoms. The number of aliphatic hydroxyl groups is 1. The molecule has 1 amide bonds. The van der Waals surface area contributed by atoms with Crippen LogP contribution < -0.4 is 10.9 Å². The molecule has 0 saturated heterocycles. The Kier molecular flexibility index (Phi) is 4.84. The van der Waals surface area contributed by atoms with Gasteiger partial charge in [-0.2, -0.15) is 5.10 Å². The molecule has 0 aliphatic carbocycles. The van der Waals surface area contributed by atoms with E-state index >= 15 is 0 Å². The van der Waals surface area contributed by atoms with E-state index in [0.29, 0.717) is 13.0 Å². The molecule has 1 unspecified atom stereocenters. The number of carbonyl (C=O) groups is 1. The van der Waals surface area contributed by atoms with Gasteiger partial charge >= 0.3 is 0 Å². The number of nitrogens with one attached hydrogen (secondary N) is 1. The highest BCUT2D eigenvalue weighted by molar-refractivity contribution is 5.91. The lowest BCUT2D eigenvalue weighted by molar-refractivity contribution is 0.0935. The summed E-state index contributed by atoms with van der Waals surface area (Å²) >= 11 is 0. The number of hydrogen-bond donors (Lipinski definition) is 2. The Morgan fingerprint density at radius 2 is 2.00 bits per heavy atom. The van der Waals surface area contributed by atoms with Crippen LogP contribution in [0.25, 0.3) is 0 Å². The van der Waals surface area contributed by atoms with Crippen LogP contribution in [0.5, 0.6) is 0 Å². The van der Waals surface area contributed by atoms with Crippen molar-refractivity contribution in [3.63, 3.8) is 0 Å². The average molecular weight is 287 g/mol. The molecule has 1 atom stereocenters. The first kappa shape index (κ1) is 14.9. The second kappa shape index (κ2) is 6.81. The topological polar surface area (TPSA) is 84.2 Å². The van der Waals surface area contributed by atoms with Crippen molar-refractivity contribution in [3.05, 3.63) is 64.1 Å². The van der Waals surface area contributed by atoms with E-state index < -0.39 is 6.10 Å². The largest absolute Gasteiger partial charge is 0.388 e. The SMILES string of the molecule is Cn1nc(C(=O)NCCC(O)c2ccccc2)ccc1=O. The van der Waals surface area contributed by atoms with Crippen LogP contribution in [0.3, 0.4) is 0 Å². The normalized spacial score (nSPS) is 11.9. The summed E-state index contributed by atoms with van der Waals surface area (Å²) in [5, 5.41) is 16.5. The highest BCUT2D eigenvalue weighted by Crippen LogP contribution is 2.14. The van der Waals surface area contributed by atoms with Crippen molar-refractivity contribution in [2.75, 3.05) is 6.54 Å². The van der Waals surface area contributed by atoms with Crippen LogP contribution in [0.2, 0.25) is 0 Å². The summed E-state index contributed by atoms with van der Waals surface area (Å²) < 4.78 is 1.10. The Morgan fingerprint density at radius 1 is 1.29 bits per heavy atom. The Balaban J connectivity index is 1.87. The number of amides is 1. The maximum absolute atomic E-state index is 11.9. The predicted octanol–water partition coefficient (Wildman–Crippen LogP) is 0.634. The zero-order valence-electron chi connectivity index (χ0n) is 11.7. The first-order valence-corrected chi connectivity index (χ1v) is 6.63. The zero-order valence-corrected chi connectivity index (χ0v) is 11.7. The van der Waals surface area contributed by atoms with Crippen molar-refractivity contribution in [1.29, 1.82) is 0 Å². The minimum Gasteiger partial charge on any atom is -0.388 e. The summed E-state index contributed by atoms with van der Waals surface area (Å²) in [7, 11) is 1.48. The summed E-state index contributed by atoms with van der Waals surface area (Å²) in [4.78, 5) is 23.0. The van der Waals surface area contributed by atoms with E-state index in [2.05, 4.69) is 10.4 Å². The highest BCUT2D eigenvalue weighted by Gasteiger charge is 2.10. The Labute approximate surface area is 122 Å². The van der Waals surface area contributed by atoms with E-state index in [4.69, 9.17) is 0 Å². The predicted molar refractivity (Wildman–Crippen MR) is 77.8 cm³/mol. The number of carbonyl (C=O) groups excluding carboxylic acids is 1. The quantitative estimate of drug-likeness (QED) is 0.845. The molecule has 0 saturated carbocycles. The Bertz CT molecular complexity index is 667. The third-order valence-corrected chi connectivity index (χ3v) is 3.08. The molecule has 0 radical (unpaired) electrons. The van der Waals surface area contributed by atoms with Gasteiger partial charge in [-0.3, -0.25) is 9.59 Å². The lowest BCUT2D eigenvalue weighted by Gasteiger charge is -2.11. The van der Waals surface area contributed by atoms with Crippen molar-refractivity contribution < 1.29 is 9.90 Å². The lowest BCUT2D eigenvalue weighted by atomic mass is 10.1. The van der Waals surface area contributed by atoms with E-state index in [0.717, 1.165) is 10.2 Å². The molecule has 0 aliphatic rings. The second-order valence-corrected chi connectivity index (χ2v) is 4.65. The summed E-state index contributed by atoms with van der Waals surface area (Å²) in [6.07, 6.45) is -0.221. The van der Waals surface area contributed by atoms with Gasteiger partial charge in [-0.1, -0.05) is 30.3 Å². The molecular formula is C15H17N3O3. The molecule has 6 nitrogen and oxygen atoms in total. The summed E-state index contributed by atoms with van der Waals surface area (Å²) in [6.45, 7) is 0.319. The molecular weight excluding hydrogens is 270 g/mol. The Morgan fingerprint density at radius 3 is 2.67 bits per heavy atom. The lowest BCUT2D eigenvalue weighted by Crippen LogP contribution is -2.29. The van der Waals surface area contributed by atoms with Gasteiger partial charge in [-0.05, 0) is 18.1 Å². The molecule has 2 aromatic rings. The van der Waals surface area contributed by atoms with Crippen LogP contribution in [0.1, 0.15) is 28.6 Å². The fourth-order valence-electron chi connectivity index (χ4n) is 1.88. The van der Waals surface area contributed by atoms with Crippen molar-refractivity contribution in [2.24, 2.45) is 7.05 Å². The van der Waals surface area contributed by atoms with Gasteiger partial charge in [0, 0.05) is 19.7 Å². The number of hydrogen-bond acceptors (Lipinski definition) is 4. The van der Waals surface area contributed by atoms with Crippen molar-refractivity contribution in [3.8, 4) is 0 Å². The molecule has 21 heavy (non-hydrogen) atoms. The van der Waals surface area contributed by atoms with Crippen LogP contribution in [-0.2, 0) is 7.05 Å². The van der Waals surface area contributed by atoms with Crippen molar-refractivity contribution in [2.45, 2.75) is 12.5 Å². The average Bonchev–Trinajstić information content (AvgIpc) is 2.50. The number of aryl methyl sites for hydroxylation is 1. The number of nitrogens with zero attached hydrogens (tertiary/aromatic N) is 2. The van der Waals surface area contributed by atoms with Crippen molar-refractivity contribution in [1.82, 2.24) is 15.1 Å². The van der Waals surface area contributed by atoms with Gasteiger partial charge in [-0.25, -0.2) is 4.68 Å². The number of benzene rings is 1. The van der Waals surface area contributed by atoms with E-state index in [1.54, 1.807) is 0 Å². The van der Waals surface area contributed by atoms with Crippen LogP contribution in [0, 0.1) is 0 Å². The fraction of sp³-hybridized carbons (Fsp3) is 0.267. The van der Waals surface area contributed by atoms with Gasteiger partial charge in [0.2, 0.25) is 0 Å². The summed E-state index contributed by atoms with van der Waals surface area (Å²) in [5.74, 6) is -0.370. The van der Waals surface area contributed by atoms with Gasteiger partial charge in [0.05, 0.1) is 6.10 Å². The van der Waals surface area contributed by atoms with E-state index in [1.807, 2.05) is 30.3 Å². The maximum Gasteiger partial charge on any atom is 0.271 e.